The third-order valence-corrected chi connectivity index (χ3v) is 2.62. The van der Waals surface area contributed by atoms with Gasteiger partial charge in [-0.1, -0.05) is 12.1 Å². The number of methoxy groups -OCH3 is 1. The molecule has 0 aliphatic rings. The fourth-order valence-electron chi connectivity index (χ4n) is 1.66. The minimum absolute atomic E-state index is 0.179. The molecule has 0 aromatic heterocycles. The highest BCUT2D eigenvalue weighted by Crippen LogP contribution is 2.17. The molecule has 0 heterocycles. The maximum atomic E-state index is 9.16. The molecule has 0 radical (unpaired) electrons. The van der Waals surface area contributed by atoms with Crippen LogP contribution in [-0.2, 0) is 16.1 Å². The summed E-state index contributed by atoms with van der Waals surface area (Å²) in [7, 11) is 0.0697. The van der Waals surface area contributed by atoms with Crippen LogP contribution < -0.4 is 10.2 Å². The van der Waals surface area contributed by atoms with Crippen molar-refractivity contribution < 1.29 is 24.3 Å². The number of rotatable bonds is 7. The molecule has 5 nitrogen and oxygen atoms in total. The van der Waals surface area contributed by atoms with E-state index in [-0.39, 0.29) is 5.60 Å². The van der Waals surface area contributed by atoms with Gasteiger partial charge in [0.2, 0.25) is 0 Å². The minimum Gasteiger partial charge on any atom is -0.496 e. The molecule has 6 heteroatoms. The van der Waals surface area contributed by atoms with Gasteiger partial charge in [0.05, 0.1) is 32.5 Å². The van der Waals surface area contributed by atoms with E-state index in [1.165, 1.54) is 0 Å². The lowest BCUT2D eigenvalue weighted by Gasteiger charge is -2.19. The molecule has 0 saturated heterocycles. The van der Waals surface area contributed by atoms with E-state index in [1.54, 1.807) is 25.3 Å². The maximum absolute atomic E-state index is 9.16. The lowest BCUT2D eigenvalue weighted by Crippen LogP contribution is -2.30. The third kappa shape index (κ3) is 5.92. The predicted octanol–water partition coefficient (Wildman–Crippen LogP) is 0.707. The monoisotopic (exact) mass is 282 g/mol. The highest BCUT2D eigenvalue weighted by Gasteiger charge is 2.14. The van der Waals surface area contributed by atoms with Crippen LogP contribution in [0.2, 0.25) is 0 Å². The van der Waals surface area contributed by atoms with Gasteiger partial charge in [-0.05, 0) is 32.3 Å². The molecule has 20 heavy (non-hydrogen) atoms. The Hall–Kier alpha value is -1.08. The largest absolute Gasteiger partial charge is 0.496 e. The van der Waals surface area contributed by atoms with E-state index in [2.05, 4.69) is 0 Å². The molecule has 0 aliphatic heterocycles. The predicted molar refractivity (Wildman–Crippen MR) is 78.2 cm³/mol. The number of benzene rings is 1. The first-order valence-corrected chi connectivity index (χ1v) is 6.58. The van der Waals surface area contributed by atoms with Crippen LogP contribution in [0.1, 0.15) is 26.3 Å². The molecule has 0 aliphatic carbocycles. The Morgan fingerprint density at radius 3 is 2.40 bits per heavy atom. The summed E-state index contributed by atoms with van der Waals surface area (Å²) in [6.07, 6.45) is 0. The molecule has 0 fully saturated rings. The van der Waals surface area contributed by atoms with Gasteiger partial charge in [-0.2, -0.15) is 0 Å². The normalized spacial score (nSPS) is 11.5. The van der Waals surface area contributed by atoms with E-state index in [0.29, 0.717) is 31.0 Å². The van der Waals surface area contributed by atoms with Crippen LogP contribution >= 0.6 is 0 Å². The topological polar surface area (TPSA) is 68.2 Å². The van der Waals surface area contributed by atoms with Crippen molar-refractivity contribution in [2.24, 2.45) is 0 Å². The standard InChI is InChI=1S/C14H23BO5/c1-14(2,3)20-8-7-19-10-11-9-12(15(16)17)5-6-13(11)18-4/h5-6,9,16-17H,7-8,10H2,1-4H3. The van der Waals surface area contributed by atoms with Crippen molar-refractivity contribution in [3.63, 3.8) is 0 Å². The Morgan fingerprint density at radius 2 is 1.85 bits per heavy atom. The van der Waals surface area contributed by atoms with Crippen LogP contribution in [0.25, 0.3) is 0 Å². The van der Waals surface area contributed by atoms with Crippen LogP contribution in [0.4, 0.5) is 0 Å². The van der Waals surface area contributed by atoms with E-state index in [1.807, 2.05) is 20.8 Å². The molecular weight excluding hydrogens is 259 g/mol. The first-order valence-electron chi connectivity index (χ1n) is 6.58. The average molecular weight is 282 g/mol. The van der Waals surface area contributed by atoms with Crippen molar-refractivity contribution in [3.8, 4) is 5.75 Å². The van der Waals surface area contributed by atoms with Gasteiger partial charge < -0.3 is 24.3 Å². The van der Waals surface area contributed by atoms with Gasteiger partial charge in [-0.3, -0.25) is 0 Å². The molecule has 112 valence electrons. The van der Waals surface area contributed by atoms with Crippen molar-refractivity contribution >= 4 is 12.6 Å². The Kier molecular flexibility index (Phi) is 6.49. The molecule has 0 amide bonds. The molecule has 2 N–H and O–H groups in total. The smallest absolute Gasteiger partial charge is 0.488 e. The van der Waals surface area contributed by atoms with Crippen molar-refractivity contribution in [1.29, 1.82) is 0 Å². The van der Waals surface area contributed by atoms with Gasteiger partial charge in [-0.15, -0.1) is 0 Å². The summed E-state index contributed by atoms with van der Waals surface area (Å²) < 4.78 is 16.3. The summed E-state index contributed by atoms with van der Waals surface area (Å²) in [6, 6.07) is 4.96. The van der Waals surface area contributed by atoms with Gasteiger partial charge in [0.25, 0.3) is 0 Å². The molecule has 1 rings (SSSR count). The zero-order valence-corrected chi connectivity index (χ0v) is 12.5. The zero-order valence-electron chi connectivity index (χ0n) is 12.5. The van der Waals surface area contributed by atoms with Crippen molar-refractivity contribution in [3.05, 3.63) is 23.8 Å². The van der Waals surface area contributed by atoms with Crippen molar-refractivity contribution in [2.45, 2.75) is 33.0 Å². The van der Waals surface area contributed by atoms with E-state index in [9.17, 15) is 0 Å². The lowest BCUT2D eigenvalue weighted by molar-refractivity contribution is -0.0378. The zero-order chi connectivity index (χ0) is 15.2. The van der Waals surface area contributed by atoms with Crippen molar-refractivity contribution in [1.82, 2.24) is 0 Å². The Bertz CT molecular complexity index is 415. The number of hydrogen-bond donors (Lipinski definition) is 2. The maximum Gasteiger partial charge on any atom is 0.488 e. The highest BCUT2D eigenvalue weighted by molar-refractivity contribution is 6.58. The molecule has 0 atom stereocenters. The van der Waals surface area contributed by atoms with Gasteiger partial charge in [0.1, 0.15) is 5.75 Å². The second-order valence-electron chi connectivity index (χ2n) is 5.46. The van der Waals surface area contributed by atoms with Crippen LogP contribution in [0.5, 0.6) is 5.75 Å². The summed E-state index contributed by atoms with van der Waals surface area (Å²) in [5, 5.41) is 18.3. The number of ether oxygens (including phenoxy) is 3. The van der Waals surface area contributed by atoms with Gasteiger partial charge in [0.15, 0.2) is 0 Å². The first kappa shape index (κ1) is 17.0. The second-order valence-corrected chi connectivity index (χ2v) is 5.46. The second kappa shape index (κ2) is 7.64. The fourth-order valence-corrected chi connectivity index (χ4v) is 1.66. The van der Waals surface area contributed by atoms with E-state index >= 15 is 0 Å². The van der Waals surface area contributed by atoms with Gasteiger partial charge in [0, 0.05) is 5.56 Å². The van der Waals surface area contributed by atoms with Crippen LogP contribution in [0.15, 0.2) is 18.2 Å². The first-order chi connectivity index (χ1) is 9.33. The minimum atomic E-state index is -1.50. The number of hydrogen-bond acceptors (Lipinski definition) is 5. The van der Waals surface area contributed by atoms with Crippen LogP contribution in [0.3, 0.4) is 0 Å². The van der Waals surface area contributed by atoms with E-state index < -0.39 is 7.12 Å². The van der Waals surface area contributed by atoms with Crippen LogP contribution in [0, 0.1) is 0 Å². The third-order valence-electron chi connectivity index (χ3n) is 2.62. The summed E-state index contributed by atoms with van der Waals surface area (Å²) in [5.41, 5.74) is 1.01. The highest BCUT2D eigenvalue weighted by atomic mass is 16.5. The fraction of sp³-hybridized carbons (Fsp3) is 0.571. The molecule has 1 aromatic rings. The Morgan fingerprint density at radius 1 is 1.15 bits per heavy atom. The summed E-state index contributed by atoms with van der Waals surface area (Å²) in [6.45, 7) is 7.27. The van der Waals surface area contributed by atoms with E-state index in [4.69, 9.17) is 24.3 Å². The SMILES string of the molecule is COc1ccc(B(O)O)cc1COCCOC(C)(C)C. The molecular formula is C14H23BO5. The lowest BCUT2D eigenvalue weighted by atomic mass is 9.79. The summed E-state index contributed by atoms with van der Waals surface area (Å²) in [4.78, 5) is 0. The molecule has 1 aromatic carbocycles. The van der Waals surface area contributed by atoms with E-state index in [0.717, 1.165) is 5.56 Å². The quantitative estimate of drug-likeness (QED) is 0.569. The van der Waals surface area contributed by atoms with Crippen molar-refractivity contribution in [2.75, 3.05) is 20.3 Å². The molecule has 0 bridgehead atoms. The Labute approximate surface area is 120 Å². The summed E-state index contributed by atoms with van der Waals surface area (Å²) in [5.74, 6) is 0.658. The van der Waals surface area contributed by atoms with Crippen LogP contribution in [-0.4, -0.2) is 43.1 Å². The molecule has 0 saturated carbocycles. The molecule has 0 spiro atoms. The average Bonchev–Trinajstić information content (AvgIpc) is 2.36. The van der Waals surface area contributed by atoms with Gasteiger partial charge in [-0.25, -0.2) is 0 Å². The summed E-state index contributed by atoms with van der Waals surface area (Å²) >= 11 is 0. The molecule has 0 unspecified atom stereocenters. The van der Waals surface area contributed by atoms with Gasteiger partial charge >= 0.3 is 7.12 Å². The Balaban J connectivity index is 2.51.